The van der Waals surface area contributed by atoms with Crippen LogP contribution in [0.15, 0.2) is 36.4 Å². The molecule has 0 aromatic heterocycles. The van der Waals surface area contributed by atoms with Crippen LogP contribution in [0.1, 0.15) is 25.5 Å². The minimum Gasteiger partial charge on any atom is -0.496 e. The minimum absolute atomic E-state index is 0.218. The predicted octanol–water partition coefficient (Wildman–Crippen LogP) is 2.87. The van der Waals surface area contributed by atoms with Crippen LogP contribution in [-0.2, 0) is 0 Å². The van der Waals surface area contributed by atoms with Crippen molar-refractivity contribution in [2.45, 2.75) is 26.0 Å². The highest BCUT2D eigenvalue weighted by Gasteiger charge is 2.22. The van der Waals surface area contributed by atoms with E-state index in [4.69, 9.17) is 10.5 Å². The number of rotatable bonds is 4. The number of aliphatic hydroxyl groups is 1. The van der Waals surface area contributed by atoms with E-state index >= 15 is 0 Å². The first-order valence-electron chi connectivity index (χ1n) is 6.55. The molecule has 3 nitrogen and oxygen atoms in total. The molecule has 0 amide bonds. The van der Waals surface area contributed by atoms with Crippen molar-refractivity contribution in [3.8, 4) is 5.75 Å². The first-order chi connectivity index (χ1) is 9.06. The number of hydrogen-bond donors (Lipinski definition) is 2. The summed E-state index contributed by atoms with van der Waals surface area (Å²) < 4.78 is 5.36. The third-order valence-corrected chi connectivity index (χ3v) is 3.59. The molecule has 0 fully saturated rings. The Labute approximate surface area is 114 Å². The Morgan fingerprint density at radius 2 is 1.68 bits per heavy atom. The van der Waals surface area contributed by atoms with Gasteiger partial charge in [0.2, 0.25) is 0 Å². The maximum absolute atomic E-state index is 10.5. The monoisotopic (exact) mass is 259 g/mol. The fourth-order valence-electron chi connectivity index (χ4n) is 2.30. The molecule has 0 aliphatic carbocycles. The molecule has 102 valence electrons. The van der Waals surface area contributed by atoms with Crippen molar-refractivity contribution in [1.82, 2.24) is 0 Å². The Kier molecular flexibility index (Phi) is 4.08. The van der Waals surface area contributed by atoms with Gasteiger partial charge in [0.25, 0.3) is 0 Å². The largest absolute Gasteiger partial charge is 0.496 e. The van der Waals surface area contributed by atoms with Crippen LogP contribution in [0.4, 0.5) is 0 Å². The van der Waals surface area contributed by atoms with Crippen molar-refractivity contribution in [2.75, 3.05) is 7.11 Å². The van der Waals surface area contributed by atoms with E-state index in [0.717, 1.165) is 22.1 Å². The molecule has 0 heterocycles. The molecule has 2 rings (SSSR count). The van der Waals surface area contributed by atoms with Gasteiger partial charge in [-0.25, -0.2) is 0 Å². The molecule has 2 aromatic rings. The van der Waals surface area contributed by atoms with Gasteiger partial charge in [0.15, 0.2) is 0 Å². The Morgan fingerprint density at radius 3 is 2.26 bits per heavy atom. The maximum Gasteiger partial charge on any atom is 0.126 e. The molecule has 0 saturated heterocycles. The second-order valence-corrected chi connectivity index (χ2v) is 5.17. The van der Waals surface area contributed by atoms with Crippen molar-refractivity contribution in [1.29, 1.82) is 0 Å². The smallest absolute Gasteiger partial charge is 0.126 e. The zero-order valence-electron chi connectivity index (χ0n) is 11.6. The van der Waals surface area contributed by atoms with Gasteiger partial charge in [-0.05, 0) is 22.9 Å². The quantitative estimate of drug-likeness (QED) is 0.887. The van der Waals surface area contributed by atoms with Crippen molar-refractivity contribution in [2.24, 2.45) is 11.7 Å². The van der Waals surface area contributed by atoms with E-state index in [2.05, 4.69) is 0 Å². The van der Waals surface area contributed by atoms with Gasteiger partial charge in [0.1, 0.15) is 5.75 Å². The number of ether oxygens (including phenoxy) is 1. The van der Waals surface area contributed by atoms with Crippen LogP contribution < -0.4 is 10.5 Å². The minimum atomic E-state index is -0.671. The summed E-state index contributed by atoms with van der Waals surface area (Å²) in [5, 5.41) is 12.4. The second-order valence-electron chi connectivity index (χ2n) is 5.17. The zero-order chi connectivity index (χ0) is 14.0. The van der Waals surface area contributed by atoms with Gasteiger partial charge in [0.05, 0.1) is 13.2 Å². The highest BCUT2D eigenvalue weighted by molar-refractivity contribution is 5.91. The fourth-order valence-corrected chi connectivity index (χ4v) is 2.30. The molecule has 2 atom stereocenters. The van der Waals surface area contributed by atoms with Crippen LogP contribution in [0.2, 0.25) is 0 Å². The van der Waals surface area contributed by atoms with Gasteiger partial charge in [-0.2, -0.15) is 0 Å². The third kappa shape index (κ3) is 2.57. The Bertz CT molecular complexity index is 566. The summed E-state index contributed by atoms with van der Waals surface area (Å²) in [5.41, 5.74) is 6.93. The lowest BCUT2D eigenvalue weighted by molar-refractivity contribution is 0.127. The highest BCUT2D eigenvalue weighted by atomic mass is 16.5. The first-order valence-corrected chi connectivity index (χ1v) is 6.55. The van der Waals surface area contributed by atoms with Crippen LogP contribution in [0.5, 0.6) is 5.75 Å². The summed E-state index contributed by atoms with van der Waals surface area (Å²) in [6.45, 7) is 4.03. The van der Waals surface area contributed by atoms with Crippen LogP contribution in [0, 0.1) is 5.92 Å². The van der Waals surface area contributed by atoms with E-state index in [1.165, 1.54) is 0 Å². The fraction of sp³-hybridized carbons (Fsp3) is 0.375. The molecule has 19 heavy (non-hydrogen) atoms. The average molecular weight is 259 g/mol. The molecule has 0 spiro atoms. The molecular formula is C16H21NO2. The zero-order valence-corrected chi connectivity index (χ0v) is 11.6. The van der Waals surface area contributed by atoms with E-state index in [9.17, 15) is 5.11 Å². The van der Waals surface area contributed by atoms with E-state index in [1.807, 2.05) is 50.2 Å². The molecule has 3 N–H and O–H groups in total. The Morgan fingerprint density at radius 1 is 1.05 bits per heavy atom. The van der Waals surface area contributed by atoms with Crippen molar-refractivity contribution < 1.29 is 9.84 Å². The Hall–Kier alpha value is -1.58. The number of fused-ring (bicyclic) bond motifs is 1. The average Bonchev–Trinajstić information content (AvgIpc) is 2.44. The SMILES string of the molecule is COc1ccc(C(O)C(N)C(C)C)c2ccccc12. The van der Waals surface area contributed by atoms with Crippen molar-refractivity contribution >= 4 is 10.8 Å². The summed E-state index contributed by atoms with van der Waals surface area (Å²) in [6.07, 6.45) is -0.671. The molecule has 0 bridgehead atoms. The van der Waals surface area contributed by atoms with Crippen LogP contribution in [-0.4, -0.2) is 18.3 Å². The molecule has 0 aliphatic rings. The summed E-state index contributed by atoms with van der Waals surface area (Å²) in [5.74, 6) is 1.03. The molecule has 2 aromatic carbocycles. The standard InChI is InChI=1S/C16H21NO2/c1-10(2)15(17)16(18)13-8-9-14(19-3)12-7-5-4-6-11(12)13/h4-10,15-16,18H,17H2,1-3H3. The number of benzene rings is 2. The number of methoxy groups -OCH3 is 1. The molecule has 0 aliphatic heterocycles. The lowest BCUT2D eigenvalue weighted by atomic mass is 9.91. The van der Waals surface area contributed by atoms with Crippen molar-refractivity contribution in [3.05, 3.63) is 42.0 Å². The number of hydrogen-bond acceptors (Lipinski definition) is 3. The number of nitrogens with two attached hydrogens (primary N) is 1. The van der Waals surface area contributed by atoms with Gasteiger partial charge in [-0.15, -0.1) is 0 Å². The highest BCUT2D eigenvalue weighted by Crippen LogP contribution is 2.33. The second kappa shape index (κ2) is 5.59. The lowest BCUT2D eigenvalue weighted by Gasteiger charge is -2.24. The Balaban J connectivity index is 2.56. The van der Waals surface area contributed by atoms with E-state index in [0.29, 0.717) is 0 Å². The molecule has 0 saturated carbocycles. The van der Waals surface area contributed by atoms with Crippen LogP contribution in [0.25, 0.3) is 10.8 Å². The summed E-state index contributed by atoms with van der Waals surface area (Å²) >= 11 is 0. The lowest BCUT2D eigenvalue weighted by Crippen LogP contribution is -2.33. The van der Waals surface area contributed by atoms with Gasteiger partial charge >= 0.3 is 0 Å². The first kappa shape index (κ1) is 13.8. The number of aliphatic hydroxyl groups excluding tert-OH is 1. The summed E-state index contributed by atoms with van der Waals surface area (Å²) in [4.78, 5) is 0. The van der Waals surface area contributed by atoms with Gasteiger partial charge in [-0.1, -0.05) is 44.2 Å². The van der Waals surface area contributed by atoms with E-state index in [1.54, 1.807) is 7.11 Å². The molecular weight excluding hydrogens is 238 g/mol. The van der Waals surface area contributed by atoms with E-state index < -0.39 is 6.10 Å². The van der Waals surface area contributed by atoms with Crippen molar-refractivity contribution in [3.63, 3.8) is 0 Å². The maximum atomic E-state index is 10.5. The van der Waals surface area contributed by atoms with Gasteiger partial charge in [-0.3, -0.25) is 0 Å². The topological polar surface area (TPSA) is 55.5 Å². The van der Waals surface area contributed by atoms with Gasteiger partial charge < -0.3 is 15.6 Å². The van der Waals surface area contributed by atoms with Crippen LogP contribution in [0.3, 0.4) is 0 Å². The van der Waals surface area contributed by atoms with Gasteiger partial charge in [0, 0.05) is 11.4 Å². The molecule has 2 unspecified atom stereocenters. The van der Waals surface area contributed by atoms with E-state index in [-0.39, 0.29) is 12.0 Å². The van der Waals surface area contributed by atoms with Crippen LogP contribution >= 0.6 is 0 Å². The molecule has 0 radical (unpaired) electrons. The predicted molar refractivity (Wildman–Crippen MR) is 78.3 cm³/mol. The third-order valence-electron chi connectivity index (χ3n) is 3.59. The molecule has 3 heteroatoms. The summed E-state index contributed by atoms with van der Waals surface area (Å²) in [6, 6.07) is 11.4. The summed E-state index contributed by atoms with van der Waals surface area (Å²) in [7, 11) is 1.65. The normalized spacial score (nSPS) is 14.6.